The molecular weight excluding hydrogens is 448 g/mol. The Hall–Kier alpha value is -2.27. The van der Waals surface area contributed by atoms with Crippen LogP contribution in [0.5, 0.6) is 0 Å². The van der Waals surface area contributed by atoms with Crippen molar-refractivity contribution in [3.05, 3.63) is 17.8 Å². The number of aromatic nitrogens is 1. The molecule has 1 aromatic rings. The molecule has 1 aromatic heterocycles. The number of hydrogen-bond acceptors (Lipinski definition) is 8. The zero-order valence-corrected chi connectivity index (χ0v) is 21.4. The smallest absolute Gasteiger partial charge is 0.308 e. The van der Waals surface area contributed by atoms with Crippen molar-refractivity contribution in [2.75, 3.05) is 40.3 Å². The fraction of sp³-hybridized carbons (Fsp3) is 0.720. The Morgan fingerprint density at radius 1 is 1.34 bits per heavy atom. The van der Waals surface area contributed by atoms with Gasteiger partial charge in [-0.1, -0.05) is 13.8 Å². The Kier molecular flexibility index (Phi) is 7.65. The molecule has 4 rings (SSSR count). The molecule has 10 nitrogen and oxygen atoms in total. The Labute approximate surface area is 207 Å². The van der Waals surface area contributed by atoms with E-state index in [-0.39, 0.29) is 17.4 Å². The highest BCUT2D eigenvalue weighted by Crippen LogP contribution is 2.41. The fourth-order valence-corrected chi connectivity index (χ4v) is 5.74. The molecule has 3 saturated heterocycles. The van der Waals surface area contributed by atoms with Gasteiger partial charge in [0.25, 0.3) is 0 Å². The predicted molar refractivity (Wildman–Crippen MR) is 135 cm³/mol. The topological polar surface area (TPSA) is 118 Å². The van der Waals surface area contributed by atoms with E-state index in [4.69, 9.17) is 15.2 Å². The summed E-state index contributed by atoms with van der Waals surface area (Å²) < 4.78 is 14.0. The number of nitrogens with two attached hydrogens (primary N) is 1. The molecule has 0 unspecified atom stereocenters. The third kappa shape index (κ3) is 4.89. The van der Waals surface area contributed by atoms with Gasteiger partial charge in [-0.3, -0.25) is 14.7 Å². The summed E-state index contributed by atoms with van der Waals surface area (Å²) in [7, 11) is 3.77. The average Bonchev–Trinajstić information content (AvgIpc) is 3.52. The quantitative estimate of drug-likeness (QED) is 0.340. The SMILES string of the molecule is C=Nc1c(/C(N)=N\C)ccn1[C@@H]1O[C@H](CN2CCCC23CCN(C)CC3)[C@@H](OC(=O)C(C)C)[C@H]1O. The normalized spacial score (nSPS) is 29.8. The van der Waals surface area contributed by atoms with E-state index in [2.05, 4.69) is 33.5 Å². The second-order valence-electron chi connectivity index (χ2n) is 10.4. The Morgan fingerprint density at radius 2 is 2.06 bits per heavy atom. The van der Waals surface area contributed by atoms with E-state index < -0.39 is 24.5 Å². The first-order valence-corrected chi connectivity index (χ1v) is 12.6. The molecule has 4 atom stereocenters. The average molecular weight is 489 g/mol. The molecule has 35 heavy (non-hydrogen) atoms. The van der Waals surface area contributed by atoms with E-state index >= 15 is 0 Å². The standard InChI is InChI=1S/C25H40N6O4/c1-16(2)24(33)35-20-18(15-30-11-6-8-25(30)9-13-29(5)14-10-25)34-23(19(20)32)31-12-7-17(21(26)27-3)22(31)28-4/h7,12,16,18-20,23,32H,4,6,8-11,13-15H2,1-3,5H3,(H2,26,27)/t18-,19-,20-,23-/m1/s1. The van der Waals surface area contributed by atoms with Gasteiger partial charge in [0.15, 0.2) is 12.3 Å². The summed E-state index contributed by atoms with van der Waals surface area (Å²) in [6.07, 6.45) is 3.15. The van der Waals surface area contributed by atoms with Gasteiger partial charge in [0.2, 0.25) is 0 Å². The molecule has 194 valence electrons. The van der Waals surface area contributed by atoms with Crippen LogP contribution in [0.1, 0.15) is 51.3 Å². The second-order valence-corrected chi connectivity index (χ2v) is 10.4. The molecule has 0 saturated carbocycles. The first kappa shape index (κ1) is 25.8. The summed E-state index contributed by atoms with van der Waals surface area (Å²) in [5, 5.41) is 11.4. The monoisotopic (exact) mass is 488 g/mol. The van der Waals surface area contributed by atoms with Crippen molar-refractivity contribution in [3.63, 3.8) is 0 Å². The van der Waals surface area contributed by atoms with Crippen molar-refractivity contribution in [2.45, 2.75) is 69.6 Å². The van der Waals surface area contributed by atoms with Crippen molar-refractivity contribution in [3.8, 4) is 0 Å². The minimum absolute atomic E-state index is 0.145. The number of hydrogen-bond donors (Lipinski definition) is 2. The van der Waals surface area contributed by atoms with Crippen LogP contribution in [-0.2, 0) is 14.3 Å². The van der Waals surface area contributed by atoms with Crippen molar-refractivity contribution < 1.29 is 19.4 Å². The van der Waals surface area contributed by atoms with E-state index in [1.54, 1.807) is 37.7 Å². The van der Waals surface area contributed by atoms with E-state index in [0.717, 1.165) is 45.3 Å². The maximum absolute atomic E-state index is 12.6. The molecule has 0 radical (unpaired) electrons. The van der Waals surface area contributed by atoms with Crippen molar-refractivity contribution in [1.29, 1.82) is 0 Å². The number of carbonyl (C=O) groups is 1. The van der Waals surface area contributed by atoms with Crippen LogP contribution in [0, 0.1) is 5.92 Å². The third-order valence-electron chi connectivity index (χ3n) is 7.92. The molecule has 10 heteroatoms. The Balaban J connectivity index is 1.61. The Morgan fingerprint density at radius 3 is 2.69 bits per heavy atom. The number of esters is 1. The molecule has 3 aliphatic rings. The lowest BCUT2D eigenvalue weighted by atomic mass is 9.85. The van der Waals surface area contributed by atoms with Gasteiger partial charge >= 0.3 is 5.97 Å². The molecule has 0 aliphatic carbocycles. The van der Waals surface area contributed by atoms with Crippen molar-refractivity contribution in [2.24, 2.45) is 21.6 Å². The van der Waals surface area contributed by atoms with E-state index in [1.165, 1.54) is 0 Å². The maximum atomic E-state index is 12.6. The first-order chi connectivity index (χ1) is 16.7. The lowest BCUT2D eigenvalue weighted by molar-refractivity contribution is -0.160. The lowest BCUT2D eigenvalue weighted by Crippen LogP contribution is -2.54. The van der Waals surface area contributed by atoms with Gasteiger partial charge in [0.05, 0.1) is 11.5 Å². The van der Waals surface area contributed by atoms with Crippen LogP contribution in [0.15, 0.2) is 22.2 Å². The van der Waals surface area contributed by atoms with Crippen molar-refractivity contribution in [1.82, 2.24) is 14.4 Å². The molecule has 0 amide bonds. The van der Waals surface area contributed by atoms with Gasteiger partial charge in [-0.2, -0.15) is 0 Å². The second kappa shape index (κ2) is 10.4. The van der Waals surface area contributed by atoms with Gasteiger partial charge in [0, 0.05) is 25.3 Å². The predicted octanol–water partition coefficient (Wildman–Crippen LogP) is 1.54. The molecule has 0 bridgehead atoms. The van der Waals surface area contributed by atoms with Gasteiger partial charge in [-0.05, 0) is 65.1 Å². The zero-order chi connectivity index (χ0) is 25.3. The van der Waals surface area contributed by atoms with Crippen LogP contribution in [0.25, 0.3) is 0 Å². The van der Waals surface area contributed by atoms with Crippen molar-refractivity contribution >= 4 is 24.3 Å². The summed E-state index contributed by atoms with van der Waals surface area (Å²) in [5.74, 6) is 0.119. The van der Waals surface area contributed by atoms with E-state index in [9.17, 15) is 9.90 Å². The van der Waals surface area contributed by atoms with Crippen LogP contribution < -0.4 is 5.73 Å². The minimum atomic E-state index is -1.07. The van der Waals surface area contributed by atoms with E-state index in [0.29, 0.717) is 23.8 Å². The first-order valence-electron chi connectivity index (χ1n) is 12.6. The summed E-state index contributed by atoms with van der Waals surface area (Å²) >= 11 is 0. The highest BCUT2D eigenvalue weighted by Gasteiger charge is 2.51. The highest BCUT2D eigenvalue weighted by molar-refractivity contribution is 6.01. The molecule has 3 aliphatic heterocycles. The lowest BCUT2D eigenvalue weighted by Gasteiger charge is -2.45. The van der Waals surface area contributed by atoms with Gasteiger partial charge in [0.1, 0.15) is 23.9 Å². The molecule has 3 N–H and O–H groups in total. The fourth-order valence-electron chi connectivity index (χ4n) is 5.74. The number of carbonyl (C=O) groups excluding carboxylic acids is 1. The van der Waals surface area contributed by atoms with Gasteiger partial charge < -0.3 is 29.8 Å². The van der Waals surface area contributed by atoms with Crippen LogP contribution in [0.4, 0.5) is 5.82 Å². The van der Waals surface area contributed by atoms with Crippen LogP contribution in [-0.4, -0.2) is 102 Å². The van der Waals surface area contributed by atoms with Gasteiger partial charge in [-0.25, -0.2) is 4.99 Å². The molecule has 4 heterocycles. The number of piperidine rings is 1. The highest BCUT2D eigenvalue weighted by atomic mass is 16.6. The number of rotatable bonds is 7. The summed E-state index contributed by atoms with van der Waals surface area (Å²) in [5.41, 5.74) is 6.79. The summed E-state index contributed by atoms with van der Waals surface area (Å²) in [6.45, 7) is 11.0. The van der Waals surface area contributed by atoms with Crippen LogP contribution in [0.2, 0.25) is 0 Å². The number of aliphatic hydroxyl groups is 1. The number of nitrogens with zero attached hydrogens (tertiary/aromatic N) is 5. The largest absolute Gasteiger partial charge is 0.456 e. The summed E-state index contributed by atoms with van der Waals surface area (Å²) in [6, 6.07) is 1.78. The Bertz CT molecular complexity index is 952. The van der Waals surface area contributed by atoms with Crippen LogP contribution in [0.3, 0.4) is 0 Å². The molecule has 0 aromatic carbocycles. The molecular formula is C25H40N6O4. The van der Waals surface area contributed by atoms with Gasteiger partial charge in [-0.15, -0.1) is 0 Å². The number of ether oxygens (including phenoxy) is 2. The number of aliphatic hydroxyl groups excluding tert-OH is 1. The molecule has 1 spiro atoms. The number of aliphatic imine (C=N–C) groups is 2. The minimum Gasteiger partial charge on any atom is -0.456 e. The van der Waals surface area contributed by atoms with E-state index in [1.807, 2.05) is 0 Å². The third-order valence-corrected chi connectivity index (χ3v) is 7.92. The number of amidine groups is 1. The number of likely N-dealkylation sites (tertiary alicyclic amines) is 2. The zero-order valence-electron chi connectivity index (χ0n) is 21.4. The maximum Gasteiger partial charge on any atom is 0.308 e. The summed E-state index contributed by atoms with van der Waals surface area (Å²) in [4.78, 5) is 25.6. The van der Waals surface area contributed by atoms with Crippen LogP contribution >= 0.6 is 0 Å². The molecule has 3 fully saturated rings.